The lowest BCUT2D eigenvalue weighted by molar-refractivity contribution is 0.101. The smallest absolute Gasteiger partial charge is 0.121 e. The van der Waals surface area contributed by atoms with Gasteiger partial charge in [-0.15, -0.1) is 0 Å². The van der Waals surface area contributed by atoms with Crippen LogP contribution in [0.25, 0.3) is 0 Å². The van der Waals surface area contributed by atoms with Gasteiger partial charge in [0.25, 0.3) is 0 Å². The first kappa shape index (κ1) is 11.3. The van der Waals surface area contributed by atoms with Crippen LogP contribution in [0.5, 0.6) is 0 Å². The Kier molecular flexibility index (Phi) is 3.21. The van der Waals surface area contributed by atoms with Crippen LogP contribution in [-0.2, 0) is 0 Å². The van der Waals surface area contributed by atoms with Crippen molar-refractivity contribution >= 4 is 0 Å². The zero-order valence-electron chi connectivity index (χ0n) is 10.6. The SMILES string of the molecule is CN1CCCC(CNC2CC2)C1c1ccco1. The first-order chi connectivity index (χ1) is 8.34. The number of nitrogens with zero attached hydrogens (tertiary/aromatic N) is 1. The Labute approximate surface area is 103 Å². The van der Waals surface area contributed by atoms with Crippen molar-refractivity contribution in [2.24, 2.45) is 5.92 Å². The number of piperidine rings is 1. The van der Waals surface area contributed by atoms with Gasteiger partial charge in [0.1, 0.15) is 5.76 Å². The highest BCUT2D eigenvalue weighted by atomic mass is 16.3. The van der Waals surface area contributed by atoms with Gasteiger partial charge in [-0.05, 0) is 57.3 Å². The molecule has 3 heteroatoms. The van der Waals surface area contributed by atoms with Crippen LogP contribution in [0.2, 0.25) is 0 Å². The third kappa shape index (κ3) is 2.55. The first-order valence-electron chi connectivity index (χ1n) is 6.81. The summed E-state index contributed by atoms with van der Waals surface area (Å²) in [5.74, 6) is 1.83. The summed E-state index contributed by atoms with van der Waals surface area (Å²) in [6, 6.07) is 5.39. The van der Waals surface area contributed by atoms with Gasteiger partial charge in [0.05, 0.1) is 12.3 Å². The van der Waals surface area contributed by atoms with E-state index in [0.717, 1.165) is 18.3 Å². The second-order valence-electron chi connectivity index (χ2n) is 5.53. The van der Waals surface area contributed by atoms with Gasteiger partial charge in [-0.25, -0.2) is 0 Å². The summed E-state index contributed by atoms with van der Waals surface area (Å²) >= 11 is 0. The van der Waals surface area contributed by atoms with Crippen LogP contribution in [0.15, 0.2) is 22.8 Å². The molecule has 1 aliphatic heterocycles. The van der Waals surface area contributed by atoms with Gasteiger partial charge < -0.3 is 9.73 Å². The van der Waals surface area contributed by atoms with Crippen molar-refractivity contribution in [3.05, 3.63) is 24.2 Å². The van der Waals surface area contributed by atoms with Gasteiger partial charge in [0, 0.05) is 12.6 Å². The lowest BCUT2D eigenvalue weighted by Crippen LogP contribution is -2.40. The summed E-state index contributed by atoms with van der Waals surface area (Å²) < 4.78 is 5.63. The van der Waals surface area contributed by atoms with Crippen LogP contribution in [0.3, 0.4) is 0 Å². The molecule has 2 aliphatic rings. The zero-order chi connectivity index (χ0) is 11.7. The van der Waals surface area contributed by atoms with Crippen molar-refractivity contribution in [1.82, 2.24) is 10.2 Å². The predicted molar refractivity (Wildman–Crippen MR) is 67.8 cm³/mol. The molecule has 1 aromatic rings. The van der Waals surface area contributed by atoms with Crippen LogP contribution in [0.1, 0.15) is 37.5 Å². The maximum absolute atomic E-state index is 5.63. The van der Waals surface area contributed by atoms with E-state index >= 15 is 0 Å². The fourth-order valence-corrected chi connectivity index (χ4v) is 2.99. The van der Waals surface area contributed by atoms with E-state index in [1.54, 1.807) is 6.26 Å². The van der Waals surface area contributed by atoms with E-state index in [-0.39, 0.29) is 0 Å². The minimum atomic E-state index is 0.463. The van der Waals surface area contributed by atoms with Gasteiger partial charge in [0.15, 0.2) is 0 Å². The number of hydrogen-bond acceptors (Lipinski definition) is 3. The molecule has 1 saturated heterocycles. The van der Waals surface area contributed by atoms with E-state index in [2.05, 4.69) is 23.3 Å². The molecule has 0 spiro atoms. The summed E-state index contributed by atoms with van der Waals surface area (Å²) in [6.07, 6.45) is 7.16. The second-order valence-corrected chi connectivity index (χ2v) is 5.53. The van der Waals surface area contributed by atoms with E-state index < -0.39 is 0 Å². The van der Waals surface area contributed by atoms with E-state index in [1.807, 2.05) is 6.07 Å². The molecule has 0 bridgehead atoms. The molecule has 3 rings (SSSR count). The fourth-order valence-electron chi connectivity index (χ4n) is 2.99. The molecule has 2 atom stereocenters. The lowest BCUT2D eigenvalue weighted by atomic mass is 9.88. The molecule has 1 saturated carbocycles. The molecular formula is C14H22N2O. The molecule has 0 amide bonds. The molecule has 0 radical (unpaired) electrons. The fraction of sp³-hybridized carbons (Fsp3) is 0.714. The summed E-state index contributed by atoms with van der Waals surface area (Å²) in [5, 5.41) is 3.67. The Morgan fingerprint density at radius 1 is 1.41 bits per heavy atom. The largest absolute Gasteiger partial charge is 0.468 e. The zero-order valence-corrected chi connectivity index (χ0v) is 10.6. The lowest BCUT2D eigenvalue weighted by Gasteiger charge is -2.38. The standard InChI is InChI=1S/C14H22N2O/c1-16-8-2-4-11(10-15-12-6-7-12)14(16)13-5-3-9-17-13/h3,5,9,11-12,14-15H,2,4,6-8,10H2,1H3. The topological polar surface area (TPSA) is 28.4 Å². The first-order valence-corrected chi connectivity index (χ1v) is 6.81. The highest BCUT2D eigenvalue weighted by Gasteiger charge is 2.33. The molecule has 0 aromatic carbocycles. The van der Waals surface area contributed by atoms with Crippen LogP contribution in [0.4, 0.5) is 0 Å². The van der Waals surface area contributed by atoms with Gasteiger partial charge in [-0.1, -0.05) is 0 Å². The van der Waals surface area contributed by atoms with E-state index in [1.165, 1.54) is 32.2 Å². The Morgan fingerprint density at radius 3 is 3.00 bits per heavy atom. The summed E-state index contributed by atoms with van der Waals surface area (Å²) in [6.45, 7) is 2.33. The molecule has 1 N–H and O–H groups in total. The number of likely N-dealkylation sites (tertiary alicyclic amines) is 1. The average molecular weight is 234 g/mol. The highest BCUT2D eigenvalue weighted by molar-refractivity contribution is 5.08. The minimum Gasteiger partial charge on any atom is -0.468 e. The second kappa shape index (κ2) is 4.83. The van der Waals surface area contributed by atoms with E-state index in [0.29, 0.717) is 12.0 Å². The summed E-state index contributed by atoms with van der Waals surface area (Å²) in [7, 11) is 2.22. The van der Waals surface area contributed by atoms with Gasteiger partial charge >= 0.3 is 0 Å². The highest BCUT2D eigenvalue weighted by Crippen LogP contribution is 2.35. The molecule has 1 aliphatic carbocycles. The molecular weight excluding hydrogens is 212 g/mol. The quantitative estimate of drug-likeness (QED) is 0.867. The molecule has 3 nitrogen and oxygen atoms in total. The Balaban J connectivity index is 1.69. The third-order valence-corrected chi connectivity index (χ3v) is 4.09. The average Bonchev–Trinajstić information content (AvgIpc) is 3.01. The maximum Gasteiger partial charge on any atom is 0.121 e. The number of rotatable bonds is 4. The summed E-state index contributed by atoms with van der Waals surface area (Å²) in [5.41, 5.74) is 0. The van der Waals surface area contributed by atoms with Crippen LogP contribution in [0, 0.1) is 5.92 Å². The van der Waals surface area contributed by atoms with E-state index in [4.69, 9.17) is 4.42 Å². The number of hydrogen-bond donors (Lipinski definition) is 1. The van der Waals surface area contributed by atoms with Crippen molar-refractivity contribution in [1.29, 1.82) is 0 Å². The number of furan rings is 1. The van der Waals surface area contributed by atoms with E-state index in [9.17, 15) is 0 Å². The maximum atomic E-state index is 5.63. The molecule has 94 valence electrons. The van der Waals surface area contributed by atoms with Crippen molar-refractivity contribution < 1.29 is 4.42 Å². The van der Waals surface area contributed by atoms with Crippen molar-refractivity contribution in [2.45, 2.75) is 37.8 Å². The van der Waals surface area contributed by atoms with Crippen molar-refractivity contribution in [3.63, 3.8) is 0 Å². The Morgan fingerprint density at radius 2 is 2.29 bits per heavy atom. The van der Waals surface area contributed by atoms with Crippen LogP contribution >= 0.6 is 0 Å². The molecule has 2 heterocycles. The van der Waals surface area contributed by atoms with Gasteiger partial charge in [0.2, 0.25) is 0 Å². The molecule has 1 aromatic heterocycles. The Hall–Kier alpha value is -0.800. The number of nitrogens with one attached hydrogen (secondary N) is 1. The normalized spacial score (nSPS) is 30.6. The van der Waals surface area contributed by atoms with Crippen molar-refractivity contribution in [3.8, 4) is 0 Å². The molecule has 17 heavy (non-hydrogen) atoms. The third-order valence-electron chi connectivity index (χ3n) is 4.09. The minimum absolute atomic E-state index is 0.463. The van der Waals surface area contributed by atoms with Gasteiger partial charge in [-0.3, -0.25) is 4.90 Å². The molecule has 2 unspecified atom stereocenters. The summed E-state index contributed by atoms with van der Waals surface area (Å²) in [4.78, 5) is 2.45. The van der Waals surface area contributed by atoms with Crippen LogP contribution in [-0.4, -0.2) is 31.1 Å². The van der Waals surface area contributed by atoms with Crippen LogP contribution < -0.4 is 5.32 Å². The molecule has 2 fully saturated rings. The van der Waals surface area contributed by atoms with Gasteiger partial charge in [-0.2, -0.15) is 0 Å². The monoisotopic (exact) mass is 234 g/mol. The predicted octanol–water partition coefficient (Wildman–Crippen LogP) is 2.41. The van der Waals surface area contributed by atoms with Crippen molar-refractivity contribution in [2.75, 3.05) is 20.1 Å². The Bertz CT molecular complexity index is 345.